The molecule has 0 saturated heterocycles. The van der Waals surface area contributed by atoms with Crippen molar-refractivity contribution < 1.29 is 14.2 Å². The molecule has 0 spiro atoms. The maximum Gasteiger partial charge on any atom is 0.228 e. The molecule has 2 aromatic heterocycles. The molecule has 38 heavy (non-hydrogen) atoms. The van der Waals surface area contributed by atoms with Crippen LogP contribution in [-0.4, -0.2) is 33.8 Å². The molecule has 6 aromatic rings. The van der Waals surface area contributed by atoms with Gasteiger partial charge in [-0.3, -0.25) is 0 Å². The number of aromatic nitrogens is 4. The van der Waals surface area contributed by atoms with Crippen molar-refractivity contribution in [3.8, 4) is 23.1 Å². The third kappa shape index (κ3) is 3.55. The van der Waals surface area contributed by atoms with Gasteiger partial charge in [0, 0.05) is 17.9 Å². The van der Waals surface area contributed by atoms with E-state index in [4.69, 9.17) is 24.3 Å². The summed E-state index contributed by atoms with van der Waals surface area (Å²) in [6, 6.07) is 28.8. The van der Waals surface area contributed by atoms with Crippen molar-refractivity contribution >= 4 is 16.4 Å². The van der Waals surface area contributed by atoms with Crippen molar-refractivity contribution in [3.63, 3.8) is 0 Å². The molecule has 1 aliphatic rings. The quantitative estimate of drug-likeness (QED) is 0.281. The van der Waals surface area contributed by atoms with E-state index in [1.165, 1.54) is 0 Å². The van der Waals surface area contributed by atoms with E-state index in [9.17, 15) is 0 Å². The van der Waals surface area contributed by atoms with E-state index in [1.54, 1.807) is 25.1 Å². The molecular formula is C31H24N4O3. The molecule has 7 rings (SSSR count). The van der Waals surface area contributed by atoms with E-state index >= 15 is 0 Å². The molecule has 0 aliphatic carbocycles. The zero-order chi connectivity index (χ0) is 25.6. The Morgan fingerprint density at radius 1 is 0.842 bits per heavy atom. The third-order valence-electron chi connectivity index (χ3n) is 7.09. The maximum atomic E-state index is 6.41. The second kappa shape index (κ2) is 8.88. The van der Waals surface area contributed by atoms with Gasteiger partial charge in [-0.1, -0.05) is 66.7 Å². The number of nitrogens with zero attached hydrogens (tertiary/aromatic N) is 4. The first-order valence-electron chi connectivity index (χ1n) is 12.4. The smallest absolute Gasteiger partial charge is 0.228 e. The van der Waals surface area contributed by atoms with Crippen molar-refractivity contribution in [3.05, 3.63) is 119 Å². The minimum Gasteiger partial charge on any atom is -0.493 e. The second-order valence-corrected chi connectivity index (χ2v) is 9.27. The summed E-state index contributed by atoms with van der Waals surface area (Å²) in [4.78, 5) is 9.68. The molecule has 1 unspecified atom stereocenters. The Hall–Kier alpha value is -4.91. The standard InChI is InChI=1S/C31H24N4O3/c1-36-23-14-12-19(16-25(23)37-2)17-26-33-30-29-27(21-9-4-3-5-10-21)28-22-11-7-6-8-20(22)13-15-24(28)38-31(29)32-18-35(30)34-26/h3-16,18,27H,17H2,1-2H3. The Morgan fingerprint density at radius 3 is 2.50 bits per heavy atom. The highest BCUT2D eigenvalue weighted by Gasteiger charge is 2.34. The average Bonchev–Trinajstić information content (AvgIpc) is 3.39. The largest absolute Gasteiger partial charge is 0.493 e. The van der Waals surface area contributed by atoms with Gasteiger partial charge in [-0.15, -0.1) is 5.10 Å². The van der Waals surface area contributed by atoms with Gasteiger partial charge in [0.2, 0.25) is 5.88 Å². The normalized spacial score (nSPS) is 14.1. The van der Waals surface area contributed by atoms with Crippen LogP contribution in [0.15, 0.2) is 91.3 Å². The van der Waals surface area contributed by atoms with Crippen LogP contribution in [0.5, 0.6) is 23.1 Å². The minimum absolute atomic E-state index is 0.115. The molecule has 3 heterocycles. The molecule has 1 atom stereocenters. The van der Waals surface area contributed by atoms with E-state index in [2.05, 4.69) is 59.6 Å². The van der Waals surface area contributed by atoms with Gasteiger partial charge < -0.3 is 14.2 Å². The summed E-state index contributed by atoms with van der Waals surface area (Å²) in [5.41, 5.74) is 4.93. The van der Waals surface area contributed by atoms with Gasteiger partial charge in [0.15, 0.2) is 23.0 Å². The number of methoxy groups -OCH3 is 2. The highest BCUT2D eigenvalue weighted by Crippen LogP contribution is 2.50. The van der Waals surface area contributed by atoms with Crippen LogP contribution in [-0.2, 0) is 6.42 Å². The van der Waals surface area contributed by atoms with Crippen LogP contribution in [0.1, 0.15) is 34.0 Å². The van der Waals surface area contributed by atoms with E-state index in [1.807, 2.05) is 30.3 Å². The van der Waals surface area contributed by atoms with Crippen molar-refractivity contribution in [1.82, 2.24) is 19.6 Å². The summed E-state index contributed by atoms with van der Waals surface area (Å²) in [6.07, 6.45) is 2.21. The summed E-state index contributed by atoms with van der Waals surface area (Å²) < 4.78 is 19.0. The molecule has 1 aliphatic heterocycles. The Labute approximate surface area is 219 Å². The molecular weight excluding hydrogens is 476 g/mol. The van der Waals surface area contributed by atoms with Crippen molar-refractivity contribution in [1.29, 1.82) is 0 Å². The molecule has 0 bridgehead atoms. The van der Waals surface area contributed by atoms with E-state index in [0.717, 1.165) is 44.4 Å². The van der Waals surface area contributed by atoms with Crippen LogP contribution in [0.3, 0.4) is 0 Å². The van der Waals surface area contributed by atoms with Crippen LogP contribution in [0.4, 0.5) is 0 Å². The SMILES string of the molecule is COc1ccc(Cc2nc3c4c(ncn3n2)Oc2ccc3ccccc3c2C4c2ccccc2)cc1OC. The monoisotopic (exact) mass is 500 g/mol. The predicted molar refractivity (Wildman–Crippen MR) is 145 cm³/mol. The van der Waals surface area contributed by atoms with Crippen LogP contribution in [0.2, 0.25) is 0 Å². The third-order valence-corrected chi connectivity index (χ3v) is 7.09. The van der Waals surface area contributed by atoms with E-state index in [0.29, 0.717) is 29.6 Å². The summed E-state index contributed by atoms with van der Waals surface area (Å²) in [5.74, 6) is 3.30. The van der Waals surface area contributed by atoms with Gasteiger partial charge in [0.25, 0.3) is 0 Å². The van der Waals surface area contributed by atoms with Gasteiger partial charge in [0.05, 0.1) is 19.8 Å². The predicted octanol–water partition coefficient (Wildman–Crippen LogP) is 6.17. The highest BCUT2D eigenvalue weighted by molar-refractivity contribution is 5.90. The first-order valence-corrected chi connectivity index (χ1v) is 12.4. The molecule has 4 aromatic carbocycles. The maximum absolute atomic E-state index is 6.41. The Bertz CT molecular complexity index is 1810. The van der Waals surface area contributed by atoms with Crippen molar-refractivity contribution in [2.75, 3.05) is 14.2 Å². The zero-order valence-electron chi connectivity index (χ0n) is 21.0. The summed E-state index contributed by atoms with van der Waals surface area (Å²) in [6.45, 7) is 0. The number of benzene rings is 4. The Kier molecular flexibility index (Phi) is 5.21. The summed E-state index contributed by atoms with van der Waals surface area (Å²) in [5, 5.41) is 7.09. The van der Waals surface area contributed by atoms with Gasteiger partial charge in [0.1, 0.15) is 12.1 Å². The van der Waals surface area contributed by atoms with Crippen LogP contribution < -0.4 is 14.2 Å². The fraction of sp³-hybridized carbons (Fsp3) is 0.129. The zero-order valence-corrected chi connectivity index (χ0v) is 21.0. The topological polar surface area (TPSA) is 70.8 Å². The molecule has 7 heteroatoms. The first-order chi connectivity index (χ1) is 18.7. The number of fused-ring (bicyclic) bond motifs is 6. The highest BCUT2D eigenvalue weighted by atomic mass is 16.5. The molecule has 0 N–H and O–H groups in total. The van der Waals surface area contributed by atoms with Gasteiger partial charge in [-0.25, -0.2) is 14.5 Å². The van der Waals surface area contributed by atoms with Crippen molar-refractivity contribution in [2.45, 2.75) is 12.3 Å². The second-order valence-electron chi connectivity index (χ2n) is 9.27. The lowest BCUT2D eigenvalue weighted by Gasteiger charge is -2.29. The Balaban J connectivity index is 1.41. The number of hydrogen-bond donors (Lipinski definition) is 0. The van der Waals surface area contributed by atoms with Crippen LogP contribution in [0, 0.1) is 0 Å². The first kappa shape index (κ1) is 22.3. The van der Waals surface area contributed by atoms with E-state index in [-0.39, 0.29) is 5.92 Å². The van der Waals surface area contributed by atoms with Gasteiger partial charge in [-0.2, -0.15) is 0 Å². The van der Waals surface area contributed by atoms with Gasteiger partial charge >= 0.3 is 0 Å². The lowest BCUT2D eigenvalue weighted by molar-refractivity contribution is 0.354. The number of ether oxygens (including phenoxy) is 3. The minimum atomic E-state index is -0.115. The van der Waals surface area contributed by atoms with Crippen LogP contribution >= 0.6 is 0 Å². The average molecular weight is 501 g/mol. The molecule has 0 saturated carbocycles. The molecule has 186 valence electrons. The van der Waals surface area contributed by atoms with Gasteiger partial charge in [-0.05, 0) is 40.1 Å². The molecule has 0 amide bonds. The van der Waals surface area contributed by atoms with Crippen molar-refractivity contribution in [2.24, 2.45) is 0 Å². The lowest BCUT2D eigenvalue weighted by Crippen LogP contribution is -2.15. The number of rotatable bonds is 5. The number of hydrogen-bond acceptors (Lipinski definition) is 6. The molecule has 7 nitrogen and oxygen atoms in total. The molecule has 0 radical (unpaired) electrons. The molecule has 0 fully saturated rings. The summed E-state index contributed by atoms with van der Waals surface area (Å²) in [7, 11) is 3.26. The van der Waals surface area contributed by atoms with Crippen LogP contribution in [0.25, 0.3) is 16.4 Å². The fourth-order valence-corrected chi connectivity index (χ4v) is 5.38. The Morgan fingerprint density at radius 2 is 1.66 bits per heavy atom. The summed E-state index contributed by atoms with van der Waals surface area (Å²) >= 11 is 0. The lowest BCUT2D eigenvalue weighted by atomic mass is 9.81. The fourth-order valence-electron chi connectivity index (χ4n) is 5.38. The van der Waals surface area contributed by atoms with E-state index < -0.39 is 0 Å².